The van der Waals surface area contributed by atoms with Gasteiger partial charge in [-0.05, 0) is 18.2 Å². The normalized spacial score (nSPS) is 14.9. The van der Waals surface area contributed by atoms with Gasteiger partial charge in [-0.3, -0.25) is 4.79 Å². The summed E-state index contributed by atoms with van der Waals surface area (Å²) in [4.78, 5) is 20.5. The summed E-state index contributed by atoms with van der Waals surface area (Å²) in [5.74, 6) is -1.43. The van der Waals surface area contributed by atoms with Gasteiger partial charge in [-0.1, -0.05) is 30.3 Å². The standard InChI is InChI=1S/C21H19FN4O4S/c22-18-7-6-16(12-19(18)31(28,29)26-8-10-30-11-9-26)25-21(27)17-13-23-14-24-20(17)15-4-2-1-3-5-15/h1-7,12-14H,8-11H2,(H,25,27). The molecule has 2 aromatic carbocycles. The third-order valence-electron chi connectivity index (χ3n) is 4.78. The molecule has 31 heavy (non-hydrogen) atoms. The van der Waals surface area contributed by atoms with Crippen LogP contribution < -0.4 is 5.32 Å². The third-order valence-corrected chi connectivity index (χ3v) is 6.69. The number of ether oxygens (including phenoxy) is 1. The molecule has 0 spiro atoms. The SMILES string of the molecule is O=C(Nc1ccc(F)c(S(=O)(=O)N2CCOCC2)c1)c1cncnc1-c1ccccc1. The zero-order valence-corrected chi connectivity index (χ0v) is 17.2. The molecule has 1 N–H and O–H groups in total. The molecule has 1 saturated heterocycles. The number of anilines is 1. The number of nitrogens with one attached hydrogen (secondary N) is 1. The molecule has 1 amide bonds. The second-order valence-corrected chi connectivity index (χ2v) is 8.67. The highest BCUT2D eigenvalue weighted by Crippen LogP contribution is 2.25. The molecule has 1 fully saturated rings. The summed E-state index contributed by atoms with van der Waals surface area (Å²) in [7, 11) is -4.06. The highest BCUT2D eigenvalue weighted by Gasteiger charge is 2.29. The first-order chi connectivity index (χ1) is 15.0. The zero-order chi connectivity index (χ0) is 21.8. The van der Waals surface area contributed by atoms with Crippen LogP contribution in [0.4, 0.5) is 10.1 Å². The maximum atomic E-state index is 14.4. The van der Waals surface area contributed by atoms with E-state index in [-0.39, 0.29) is 37.6 Å². The van der Waals surface area contributed by atoms with Gasteiger partial charge in [0.05, 0.1) is 24.5 Å². The number of morpholine rings is 1. The van der Waals surface area contributed by atoms with Crippen molar-refractivity contribution >= 4 is 21.6 Å². The van der Waals surface area contributed by atoms with Gasteiger partial charge < -0.3 is 10.1 Å². The number of nitrogens with zero attached hydrogens (tertiary/aromatic N) is 3. The summed E-state index contributed by atoms with van der Waals surface area (Å²) in [6.45, 7) is 0.765. The molecule has 3 aromatic rings. The number of rotatable bonds is 5. The number of carbonyl (C=O) groups excluding carboxylic acids is 1. The monoisotopic (exact) mass is 442 g/mol. The number of sulfonamides is 1. The Hall–Kier alpha value is -3.21. The Morgan fingerprint density at radius 1 is 1.10 bits per heavy atom. The quantitative estimate of drug-likeness (QED) is 0.652. The molecule has 0 saturated carbocycles. The average molecular weight is 442 g/mol. The lowest BCUT2D eigenvalue weighted by Gasteiger charge is -2.26. The Bertz CT molecular complexity index is 1200. The fourth-order valence-corrected chi connectivity index (χ4v) is 4.72. The molecule has 0 atom stereocenters. The summed E-state index contributed by atoms with van der Waals surface area (Å²) in [6, 6.07) is 12.5. The maximum absolute atomic E-state index is 14.4. The van der Waals surface area contributed by atoms with E-state index in [9.17, 15) is 17.6 Å². The van der Waals surface area contributed by atoms with Crippen LogP contribution in [-0.4, -0.2) is 54.9 Å². The van der Waals surface area contributed by atoms with Crippen LogP contribution in [0.3, 0.4) is 0 Å². The van der Waals surface area contributed by atoms with Gasteiger partial charge in [0, 0.05) is 30.5 Å². The lowest BCUT2D eigenvalue weighted by molar-refractivity contribution is 0.0729. The molecule has 1 aliphatic heterocycles. The molecule has 160 valence electrons. The second kappa shape index (κ2) is 8.88. The van der Waals surface area contributed by atoms with Crippen molar-refractivity contribution in [2.75, 3.05) is 31.6 Å². The van der Waals surface area contributed by atoms with E-state index in [1.807, 2.05) is 30.3 Å². The number of benzene rings is 2. The maximum Gasteiger partial charge on any atom is 0.259 e. The molecule has 0 aliphatic carbocycles. The van der Waals surface area contributed by atoms with Crippen molar-refractivity contribution in [2.24, 2.45) is 0 Å². The van der Waals surface area contributed by atoms with Crippen molar-refractivity contribution in [1.29, 1.82) is 0 Å². The second-order valence-electron chi connectivity index (χ2n) is 6.77. The van der Waals surface area contributed by atoms with Crippen molar-refractivity contribution in [3.63, 3.8) is 0 Å². The molecule has 1 aromatic heterocycles. The number of halogens is 1. The van der Waals surface area contributed by atoms with Crippen LogP contribution in [0.25, 0.3) is 11.3 Å². The Kier molecular flexibility index (Phi) is 6.03. The van der Waals surface area contributed by atoms with E-state index in [1.165, 1.54) is 22.9 Å². The van der Waals surface area contributed by atoms with Crippen LogP contribution in [0.1, 0.15) is 10.4 Å². The number of carbonyl (C=O) groups is 1. The minimum Gasteiger partial charge on any atom is -0.379 e. The summed E-state index contributed by atoms with van der Waals surface area (Å²) >= 11 is 0. The molecule has 0 bridgehead atoms. The molecule has 0 unspecified atom stereocenters. The van der Waals surface area contributed by atoms with Crippen LogP contribution >= 0.6 is 0 Å². The van der Waals surface area contributed by atoms with E-state index in [1.54, 1.807) is 0 Å². The number of aromatic nitrogens is 2. The lowest BCUT2D eigenvalue weighted by Crippen LogP contribution is -2.40. The largest absolute Gasteiger partial charge is 0.379 e. The van der Waals surface area contributed by atoms with E-state index >= 15 is 0 Å². The first kappa shape index (κ1) is 21.0. The summed E-state index contributed by atoms with van der Waals surface area (Å²) in [6.07, 6.45) is 2.71. The van der Waals surface area contributed by atoms with Gasteiger partial charge in [0.25, 0.3) is 5.91 Å². The van der Waals surface area contributed by atoms with Crippen molar-refractivity contribution in [2.45, 2.75) is 4.90 Å². The molecule has 4 rings (SSSR count). The van der Waals surface area contributed by atoms with Crippen molar-refractivity contribution in [3.05, 3.63) is 72.4 Å². The van der Waals surface area contributed by atoms with Crippen LogP contribution in [0, 0.1) is 5.82 Å². The first-order valence-electron chi connectivity index (χ1n) is 9.51. The number of amides is 1. The van der Waals surface area contributed by atoms with Crippen molar-refractivity contribution in [3.8, 4) is 11.3 Å². The van der Waals surface area contributed by atoms with Crippen LogP contribution in [-0.2, 0) is 14.8 Å². The molecule has 1 aliphatic rings. The smallest absolute Gasteiger partial charge is 0.259 e. The molecule has 2 heterocycles. The van der Waals surface area contributed by atoms with E-state index < -0.39 is 26.6 Å². The van der Waals surface area contributed by atoms with Gasteiger partial charge in [-0.2, -0.15) is 4.31 Å². The summed E-state index contributed by atoms with van der Waals surface area (Å²) in [5.41, 5.74) is 1.50. The highest BCUT2D eigenvalue weighted by atomic mass is 32.2. The van der Waals surface area contributed by atoms with E-state index in [0.29, 0.717) is 5.69 Å². The van der Waals surface area contributed by atoms with E-state index in [2.05, 4.69) is 15.3 Å². The van der Waals surface area contributed by atoms with Crippen LogP contribution in [0.2, 0.25) is 0 Å². The molecule has 0 radical (unpaired) electrons. The fraction of sp³-hybridized carbons (Fsp3) is 0.190. The third kappa shape index (κ3) is 4.46. The minimum atomic E-state index is -4.06. The average Bonchev–Trinajstić information content (AvgIpc) is 2.81. The Morgan fingerprint density at radius 3 is 2.58 bits per heavy atom. The first-order valence-corrected chi connectivity index (χ1v) is 10.9. The van der Waals surface area contributed by atoms with Gasteiger partial charge in [0.1, 0.15) is 17.0 Å². The molecular formula is C21H19FN4O4S. The predicted molar refractivity (Wildman–Crippen MR) is 111 cm³/mol. The Balaban J connectivity index is 1.63. The summed E-state index contributed by atoms with van der Waals surface area (Å²) in [5, 5.41) is 2.62. The van der Waals surface area contributed by atoms with Crippen LogP contribution in [0.15, 0.2) is 66.0 Å². The van der Waals surface area contributed by atoms with Gasteiger partial charge in [0.15, 0.2) is 0 Å². The van der Waals surface area contributed by atoms with Gasteiger partial charge in [-0.15, -0.1) is 0 Å². The van der Waals surface area contributed by atoms with E-state index in [4.69, 9.17) is 4.74 Å². The molecule has 8 nitrogen and oxygen atoms in total. The zero-order valence-electron chi connectivity index (χ0n) is 16.4. The fourth-order valence-electron chi connectivity index (χ4n) is 3.23. The summed E-state index contributed by atoms with van der Waals surface area (Å²) < 4.78 is 46.4. The predicted octanol–water partition coefficient (Wildman–Crippen LogP) is 2.56. The molecular weight excluding hydrogens is 423 g/mol. The van der Waals surface area contributed by atoms with Crippen molar-refractivity contribution in [1.82, 2.24) is 14.3 Å². The Labute approximate surface area is 178 Å². The van der Waals surface area contributed by atoms with Crippen molar-refractivity contribution < 1.29 is 22.3 Å². The van der Waals surface area contributed by atoms with Crippen LogP contribution in [0.5, 0.6) is 0 Å². The topological polar surface area (TPSA) is 101 Å². The van der Waals surface area contributed by atoms with E-state index in [0.717, 1.165) is 17.7 Å². The lowest BCUT2D eigenvalue weighted by atomic mass is 10.1. The Morgan fingerprint density at radius 2 is 1.84 bits per heavy atom. The number of hydrogen-bond acceptors (Lipinski definition) is 6. The van der Waals surface area contributed by atoms with Gasteiger partial charge >= 0.3 is 0 Å². The molecule has 10 heteroatoms. The van der Waals surface area contributed by atoms with Gasteiger partial charge in [0.2, 0.25) is 10.0 Å². The highest BCUT2D eigenvalue weighted by molar-refractivity contribution is 7.89. The van der Waals surface area contributed by atoms with Gasteiger partial charge in [-0.25, -0.2) is 22.8 Å². The minimum absolute atomic E-state index is 0.139. The number of hydrogen-bond donors (Lipinski definition) is 1.